The Bertz CT molecular complexity index is 309. The van der Waals surface area contributed by atoms with Gasteiger partial charge in [0.1, 0.15) is 19.5 Å². The smallest absolute Gasteiger partial charge is 0.289 e. The number of hydrogen-bond acceptors (Lipinski definition) is 4. The highest BCUT2D eigenvalue weighted by atomic mass is 16.6. The van der Waals surface area contributed by atoms with Crippen LogP contribution in [0.3, 0.4) is 0 Å². The van der Waals surface area contributed by atoms with E-state index in [1.807, 2.05) is 0 Å². The zero-order valence-corrected chi connectivity index (χ0v) is 10.3. The molecule has 0 saturated carbocycles. The van der Waals surface area contributed by atoms with Crippen molar-refractivity contribution in [2.75, 3.05) is 32.8 Å². The molecule has 0 atom stereocenters. The van der Waals surface area contributed by atoms with Gasteiger partial charge in [0.05, 0.1) is 0 Å². The highest BCUT2D eigenvalue weighted by Gasteiger charge is 2.28. The first-order chi connectivity index (χ1) is 8.20. The van der Waals surface area contributed by atoms with Crippen molar-refractivity contribution in [2.45, 2.75) is 19.8 Å². The Morgan fingerprint density at radius 3 is 2.88 bits per heavy atom. The van der Waals surface area contributed by atoms with E-state index < -0.39 is 0 Å². The van der Waals surface area contributed by atoms with E-state index >= 15 is 0 Å². The highest BCUT2D eigenvalue weighted by molar-refractivity contribution is 5.91. The molecule has 0 radical (unpaired) electrons. The molecule has 0 aromatic rings. The monoisotopic (exact) mass is 240 g/mol. The third-order valence-electron chi connectivity index (χ3n) is 3.36. The molecule has 1 fully saturated rings. The Hall–Kier alpha value is -1.23. The zero-order chi connectivity index (χ0) is 12.1. The van der Waals surface area contributed by atoms with Gasteiger partial charge in [0.2, 0.25) is 5.76 Å². The van der Waals surface area contributed by atoms with E-state index in [1.165, 1.54) is 6.26 Å². The lowest BCUT2D eigenvalue weighted by atomic mass is 9.81. The van der Waals surface area contributed by atoms with Gasteiger partial charge < -0.3 is 20.1 Å². The van der Waals surface area contributed by atoms with Crippen molar-refractivity contribution in [3.05, 3.63) is 12.0 Å². The molecule has 96 valence electrons. The van der Waals surface area contributed by atoms with Gasteiger partial charge in [-0.3, -0.25) is 4.79 Å². The maximum absolute atomic E-state index is 11.8. The molecule has 1 saturated heterocycles. The van der Waals surface area contributed by atoms with Gasteiger partial charge in [-0.2, -0.15) is 0 Å². The molecule has 0 bridgehead atoms. The second kappa shape index (κ2) is 5.40. The molecule has 2 aliphatic rings. The molecule has 2 N–H and O–H groups in total. The Kier molecular flexibility index (Phi) is 3.89. The summed E-state index contributed by atoms with van der Waals surface area (Å²) < 4.78 is 10.3. The largest absolute Gasteiger partial charge is 0.494 e. The quantitative estimate of drug-likeness (QED) is 0.749. The molecule has 2 heterocycles. The number of hydrogen-bond donors (Lipinski definition) is 2. The lowest BCUT2D eigenvalue weighted by molar-refractivity contribution is -0.122. The molecule has 5 heteroatoms. The third kappa shape index (κ3) is 3.36. The molecule has 0 aromatic heterocycles. The molecule has 5 nitrogen and oxygen atoms in total. The average Bonchev–Trinajstić information content (AvgIpc) is 2.38. The fraction of sp³-hybridized carbons (Fsp3) is 0.750. The Balaban J connectivity index is 1.80. The molecule has 0 unspecified atom stereocenters. The van der Waals surface area contributed by atoms with E-state index in [2.05, 4.69) is 17.6 Å². The fourth-order valence-corrected chi connectivity index (χ4v) is 2.08. The van der Waals surface area contributed by atoms with Gasteiger partial charge in [-0.15, -0.1) is 0 Å². The number of rotatable bonds is 3. The lowest BCUT2D eigenvalue weighted by Crippen LogP contribution is -2.43. The third-order valence-corrected chi connectivity index (χ3v) is 3.36. The highest BCUT2D eigenvalue weighted by Crippen LogP contribution is 2.26. The van der Waals surface area contributed by atoms with Crippen molar-refractivity contribution in [2.24, 2.45) is 5.41 Å². The van der Waals surface area contributed by atoms with Crippen LogP contribution in [0.2, 0.25) is 0 Å². The minimum Gasteiger partial charge on any atom is -0.494 e. The van der Waals surface area contributed by atoms with Crippen molar-refractivity contribution >= 4 is 5.91 Å². The van der Waals surface area contributed by atoms with Crippen molar-refractivity contribution in [3.8, 4) is 0 Å². The molecular weight excluding hydrogens is 220 g/mol. The first-order valence-corrected chi connectivity index (χ1v) is 6.13. The number of amides is 1. The van der Waals surface area contributed by atoms with E-state index in [0.717, 1.165) is 25.9 Å². The summed E-state index contributed by atoms with van der Waals surface area (Å²) in [6.45, 7) is 5.90. The average molecular weight is 240 g/mol. The van der Waals surface area contributed by atoms with E-state index in [4.69, 9.17) is 9.47 Å². The SMILES string of the molecule is CC1(CNC(=O)C2=COCCO2)CCNCC1. The number of piperidine rings is 1. The van der Waals surface area contributed by atoms with Crippen LogP contribution >= 0.6 is 0 Å². The predicted molar refractivity (Wildman–Crippen MR) is 63.2 cm³/mol. The number of nitrogens with one attached hydrogen (secondary N) is 2. The molecule has 2 aliphatic heterocycles. The summed E-state index contributed by atoms with van der Waals surface area (Å²) in [4.78, 5) is 11.8. The van der Waals surface area contributed by atoms with E-state index in [9.17, 15) is 4.79 Å². The predicted octanol–water partition coefficient (Wildman–Crippen LogP) is 0.380. The molecule has 2 rings (SSSR count). The topological polar surface area (TPSA) is 59.6 Å². The summed E-state index contributed by atoms with van der Waals surface area (Å²) in [5.74, 6) is 0.109. The zero-order valence-electron chi connectivity index (χ0n) is 10.3. The number of ether oxygens (including phenoxy) is 2. The van der Waals surface area contributed by atoms with Gasteiger partial charge in [0.15, 0.2) is 0 Å². The molecular formula is C12H20N2O3. The van der Waals surface area contributed by atoms with E-state index in [1.54, 1.807) is 0 Å². The van der Waals surface area contributed by atoms with Crippen LogP contribution in [0.15, 0.2) is 12.0 Å². The van der Waals surface area contributed by atoms with Crippen molar-refractivity contribution < 1.29 is 14.3 Å². The van der Waals surface area contributed by atoms with Crippen LogP contribution in [-0.2, 0) is 14.3 Å². The minimum absolute atomic E-state index is 0.176. The van der Waals surface area contributed by atoms with Gasteiger partial charge >= 0.3 is 0 Å². The van der Waals surface area contributed by atoms with Crippen molar-refractivity contribution in [1.29, 1.82) is 0 Å². The number of carbonyl (C=O) groups is 1. The van der Waals surface area contributed by atoms with Crippen LogP contribution in [0, 0.1) is 5.41 Å². The van der Waals surface area contributed by atoms with Crippen molar-refractivity contribution in [1.82, 2.24) is 10.6 Å². The summed E-state index contributed by atoms with van der Waals surface area (Å²) in [6, 6.07) is 0. The van der Waals surface area contributed by atoms with E-state index in [0.29, 0.717) is 19.8 Å². The van der Waals surface area contributed by atoms with Gasteiger partial charge in [-0.05, 0) is 31.3 Å². The molecule has 0 aromatic carbocycles. The summed E-state index contributed by atoms with van der Waals surface area (Å²) in [5.41, 5.74) is 0.191. The fourth-order valence-electron chi connectivity index (χ4n) is 2.08. The second-order valence-electron chi connectivity index (χ2n) is 4.94. The summed E-state index contributed by atoms with van der Waals surface area (Å²) in [5, 5.41) is 6.24. The normalized spacial score (nSPS) is 23.0. The molecule has 0 spiro atoms. The lowest BCUT2D eigenvalue weighted by Gasteiger charge is -2.34. The first kappa shape index (κ1) is 12.2. The second-order valence-corrected chi connectivity index (χ2v) is 4.94. The van der Waals surface area contributed by atoms with Crippen molar-refractivity contribution in [3.63, 3.8) is 0 Å². The van der Waals surface area contributed by atoms with E-state index in [-0.39, 0.29) is 17.1 Å². The first-order valence-electron chi connectivity index (χ1n) is 6.13. The Morgan fingerprint density at radius 1 is 1.47 bits per heavy atom. The summed E-state index contributed by atoms with van der Waals surface area (Å²) >= 11 is 0. The van der Waals surface area contributed by atoms with Gasteiger partial charge in [-0.1, -0.05) is 6.92 Å². The molecule has 17 heavy (non-hydrogen) atoms. The van der Waals surface area contributed by atoms with Crippen LogP contribution in [0.4, 0.5) is 0 Å². The van der Waals surface area contributed by atoms with Crippen LogP contribution in [-0.4, -0.2) is 38.8 Å². The van der Waals surface area contributed by atoms with Gasteiger partial charge in [-0.25, -0.2) is 0 Å². The van der Waals surface area contributed by atoms with Crippen LogP contribution in [0.1, 0.15) is 19.8 Å². The Morgan fingerprint density at radius 2 is 2.24 bits per heavy atom. The van der Waals surface area contributed by atoms with Gasteiger partial charge in [0.25, 0.3) is 5.91 Å². The summed E-state index contributed by atoms with van der Waals surface area (Å²) in [7, 11) is 0. The molecule has 0 aliphatic carbocycles. The molecule has 1 amide bonds. The summed E-state index contributed by atoms with van der Waals surface area (Å²) in [6.07, 6.45) is 3.57. The maximum atomic E-state index is 11.8. The minimum atomic E-state index is -0.176. The standard InChI is InChI=1S/C12H20N2O3/c1-12(2-4-13-5-3-12)9-14-11(15)10-8-16-6-7-17-10/h8,13H,2-7,9H2,1H3,(H,14,15). The van der Waals surface area contributed by atoms with Gasteiger partial charge in [0, 0.05) is 6.54 Å². The Labute approximate surface area is 102 Å². The number of carbonyl (C=O) groups excluding carboxylic acids is 1. The van der Waals surface area contributed by atoms with Crippen LogP contribution in [0.5, 0.6) is 0 Å². The maximum Gasteiger partial charge on any atom is 0.289 e. The van der Waals surface area contributed by atoms with Crippen LogP contribution in [0.25, 0.3) is 0 Å². The van der Waals surface area contributed by atoms with Crippen LogP contribution < -0.4 is 10.6 Å².